The van der Waals surface area contributed by atoms with Gasteiger partial charge in [-0.25, -0.2) is 0 Å². The van der Waals surface area contributed by atoms with E-state index in [9.17, 15) is 9.59 Å². The number of hydrogen-bond acceptors (Lipinski definition) is 3. The molecule has 2 amide bonds. The third-order valence-electron chi connectivity index (χ3n) is 3.35. The zero-order valence-electron chi connectivity index (χ0n) is 15.2. The minimum atomic E-state index is -0.234. The largest absolute Gasteiger partial charge is 0.484 e. The Morgan fingerprint density at radius 2 is 1.76 bits per heavy atom. The van der Waals surface area contributed by atoms with Gasteiger partial charge in [0, 0.05) is 30.1 Å². The van der Waals surface area contributed by atoms with E-state index in [-0.39, 0.29) is 23.8 Å². The summed E-state index contributed by atoms with van der Waals surface area (Å²) in [6.07, 6.45) is 1.75. The van der Waals surface area contributed by atoms with Crippen molar-refractivity contribution in [1.82, 2.24) is 10.6 Å². The summed E-state index contributed by atoms with van der Waals surface area (Å²) in [6.45, 7) is 10.4. The first-order valence-electron chi connectivity index (χ1n) is 8.28. The first-order valence-corrected chi connectivity index (χ1v) is 8.66. The van der Waals surface area contributed by atoms with Crippen molar-refractivity contribution in [2.45, 2.75) is 40.0 Å². The van der Waals surface area contributed by atoms with Gasteiger partial charge in [0.05, 0.1) is 0 Å². The van der Waals surface area contributed by atoms with Crippen LogP contribution in [0.1, 0.15) is 40.0 Å². The van der Waals surface area contributed by atoms with Gasteiger partial charge in [-0.05, 0) is 36.1 Å². The minimum absolute atomic E-state index is 0.0441. The van der Waals surface area contributed by atoms with Crippen molar-refractivity contribution in [2.24, 2.45) is 5.41 Å². The van der Waals surface area contributed by atoms with Crippen LogP contribution in [0.3, 0.4) is 0 Å². The molecule has 0 aliphatic rings. The number of hydrogen-bond donors (Lipinski definition) is 2. The van der Waals surface area contributed by atoms with Gasteiger partial charge in [0.1, 0.15) is 5.75 Å². The zero-order chi connectivity index (χ0) is 18.9. The SMILES string of the molecule is C=C(CCNC(=O)COc1ccc(Cl)cc1)NC(=O)CCC(C)(C)C. The highest BCUT2D eigenvalue weighted by atomic mass is 35.5. The van der Waals surface area contributed by atoms with Gasteiger partial charge < -0.3 is 15.4 Å². The summed E-state index contributed by atoms with van der Waals surface area (Å²) in [5.74, 6) is 0.300. The third-order valence-corrected chi connectivity index (χ3v) is 3.60. The van der Waals surface area contributed by atoms with E-state index < -0.39 is 0 Å². The number of ether oxygens (including phenoxy) is 1. The van der Waals surface area contributed by atoms with Gasteiger partial charge in [0.25, 0.3) is 5.91 Å². The molecule has 0 saturated heterocycles. The van der Waals surface area contributed by atoms with Crippen LogP contribution in [0.4, 0.5) is 0 Å². The molecule has 0 atom stereocenters. The second-order valence-electron chi connectivity index (χ2n) is 7.05. The lowest BCUT2D eigenvalue weighted by Gasteiger charge is -2.17. The molecule has 25 heavy (non-hydrogen) atoms. The fraction of sp³-hybridized carbons (Fsp3) is 0.474. The molecule has 0 fully saturated rings. The number of carbonyl (C=O) groups is 2. The summed E-state index contributed by atoms with van der Waals surface area (Å²) < 4.78 is 5.35. The molecular formula is C19H27ClN2O3. The summed E-state index contributed by atoms with van der Waals surface area (Å²) in [4.78, 5) is 23.5. The Labute approximate surface area is 154 Å². The molecule has 0 aromatic heterocycles. The highest BCUT2D eigenvalue weighted by molar-refractivity contribution is 6.30. The molecule has 1 rings (SSSR count). The van der Waals surface area contributed by atoms with Gasteiger partial charge in [-0.15, -0.1) is 0 Å². The summed E-state index contributed by atoms with van der Waals surface area (Å²) in [5.41, 5.74) is 0.717. The van der Waals surface area contributed by atoms with E-state index in [1.807, 2.05) is 0 Å². The Morgan fingerprint density at radius 3 is 2.36 bits per heavy atom. The van der Waals surface area contributed by atoms with E-state index in [0.717, 1.165) is 6.42 Å². The van der Waals surface area contributed by atoms with Crippen molar-refractivity contribution in [2.75, 3.05) is 13.2 Å². The van der Waals surface area contributed by atoms with Gasteiger partial charge in [-0.1, -0.05) is 39.0 Å². The van der Waals surface area contributed by atoms with E-state index in [2.05, 4.69) is 38.0 Å². The summed E-state index contributed by atoms with van der Waals surface area (Å²) in [5, 5.41) is 6.09. The molecule has 1 aromatic carbocycles. The van der Waals surface area contributed by atoms with E-state index >= 15 is 0 Å². The molecule has 0 spiro atoms. The molecule has 2 N–H and O–H groups in total. The molecule has 6 heteroatoms. The Kier molecular flexibility index (Phi) is 8.49. The maximum absolute atomic E-state index is 11.8. The van der Waals surface area contributed by atoms with Crippen LogP contribution in [0.5, 0.6) is 5.75 Å². The zero-order valence-corrected chi connectivity index (χ0v) is 15.9. The average Bonchev–Trinajstić information content (AvgIpc) is 2.52. The maximum atomic E-state index is 11.8. The Hall–Kier alpha value is -2.01. The Balaban J connectivity index is 2.16. The van der Waals surface area contributed by atoms with Crippen LogP contribution in [0.15, 0.2) is 36.5 Å². The maximum Gasteiger partial charge on any atom is 0.257 e. The lowest BCUT2D eigenvalue weighted by atomic mass is 9.90. The van der Waals surface area contributed by atoms with Crippen LogP contribution in [0.2, 0.25) is 5.02 Å². The molecule has 0 bridgehead atoms. The van der Waals surface area contributed by atoms with Gasteiger partial charge >= 0.3 is 0 Å². The van der Waals surface area contributed by atoms with Crippen LogP contribution in [-0.2, 0) is 9.59 Å². The monoisotopic (exact) mass is 366 g/mol. The van der Waals surface area contributed by atoms with Crippen molar-refractivity contribution in [3.63, 3.8) is 0 Å². The lowest BCUT2D eigenvalue weighted by Crippen LogP contribution is -2.31. The molecular weight excluding hydrogens is 340 g/mol. The number of amides is 2. The minimum Gasteiger partial charge on any atom is -0.484 e. The number of rotatable bonds is 9. The van der Waals surface area contributed by atoms with E-state index in [4.69, 9.17) is 16.3 Å². The molecule has 1 aromatic rings. The van der Waals surface area contributed by atoms with E-state index in [1.165, 1.54) is 0 Å². The number of benzene rings is 1. The van der Waals surface area contributed by atoms with Crippen molar-refractivity contribution in [3.05, 3.63) is 41.6 Å². The predicted octanol–water partition coefficient (Wildman–Crippen LogP) is 3.68. The molecule has 0 unspecified atom stereocenters. The fourth-order valence-corrected chi connectivity index (χ4v) is 2.02. The van der Waals surface area contributed by atoms with E-state index in [0.29, 0.717) is 35.9 Å². The van der Waals surface area contributed by atoms with Crippen LogP contribution in [0, 0.1) is 5.41 Å². The van der Waals surface area contributed by atoms with Crippen molar-refractivity contribution < 1.29 is 14.3 Å². The van der Waals surface area contributed by atoms with Crippen LogP contribution in [-0.4, -0.2) is 25.0 Å². The average molecular weight is 367 g/mol. The molecule has 138 valence electrons. The van der Waals surface area contributed by atoms with Gasteiger partial charge in [-0.3, -0.25) is 9.59 Å². The molecule has 0 saturated carbocycles. The number of halogens is 1. The number of carbonyl (C=O) groups excluding carboxylic acids is 2. The second kappa shape index (κ2) is 10.1. The van der Waals surface area contributed by atoms with Gasteiger partial charge in [-0.2, -0.15) is 0 Å². The van der Waals surface area contributed by atoms with Crippen LogP contribution >= 0.6 is 11.6 Å². The second-order valence-corrected chi connectivity index (χ2v) is 7.49. The number of nitrogens with one attached hydrogen (secondary N) is 2. The quantitative estimate of drug-likeness (QED) is 0.700. The van der Waals surface area contributed by atoms with Crippen molar-refractivity contribution >= 4 is 23.4 Å². The standard InChI is InChI=1S/C19H27ClN2O3/c1-14(22-17(23)9-11-19(2,3)4)10-12-21-18(24)13-25-16-7-5-15(20)6-8-16/h5-8H,1,9-13H2,2-4H3,(H,21,24)(H,22,23). The predicted molar refractivity (Wildman–Crippen MR) is 101 cm³/mol. The summed E-state index contributed by atoms with van der Waals surface area (Å²) in [7, 11) is 0. The topological polar surface area (TPSA) is 67.4 Å². The summed E-state index contributed by atoms with van der Waals surface area (Å²) >= 11 is 5.78. The van der Waals surface area contributed by atoms with Gasteiger partial charge in [0.2, 0.25) is 5.91 Å². The molecule has 0 aliphatic heterocycles. The normalized spacial score (nSPS) is 10.9. The highest BCUT2D eigenvalue weighted by Crippen LogP contribution is 2.20. The third kappa shape index (κ3) is 10.5. The lowest BCUT2D eigenvalue weighted by molar-refractivity contribution is -0.123. The Bertz CT molecular complexity index is 592. The van der Waals surface area contributed by atoms with Crippen molar-refractivity contribution in [1.29, 1.82) is 0 Å². The first kappa shape index (κ1) is 21.0. The molecule has 0 heterocycles. The Morgan fingerprint density at radius 1 is 1.12 bits per heavy atom. The van der Waals surface area contributed by atoms with Crippen molar-refractivity contribution in [3.8, 4) is 5.75 Å². The molecule has 5 nitrogen and oxygen atoms in total. The van der Waals surface area contributed by atoms with Crippen LogP contribution in [0.25, 0.3) is 0 Å². The summed E-state index contributed by atoms with van der Waals surface area (Å²) in [6, 6.07) is 6.79. The van der Waals surface area contributed by atoms with Gasteiger partial charge in [0.15, 0.2) is 6.61 Å². The molecule has 0 radical (unpaired) electrons. The van der Waals surface area contributed by atoms with E-state index in [1.54, 1.807) is 24.3 Å². The first-order chi connectivity index (χ1) is 11.7. The molecule has 0 aliphatic carbocycles. The van der Waals surface area contributed by atoms with Crippen LogP contribution < -0.4 is 15.4 Å². The smallest absolute Gasteiger partial charge is 0.257 e. The fourth-order valence-electron chi connectivity index (χ4n) is 1.89. The highest BCUT2D eigenvalue weighted by Gasteiger charge is 2.13.